The summed E-state index contributed by atoms with van der Waals surface area (Å²) in [7, 11) is 0. The van der Waals surface area contributed by atoms with Gasteiger partial charge in [-0.3, -0.25) is 0 Å². The molecule has 2 nitrogen and oxygen atoms in total. The predicted octanol–water partition coefficient (Wildman–Crippen LogP) is 3.59. The van der Waals surface area contributed by atoms with Gasteiger partial charge in [0.25, 0.3) is 0 Å². The average molecular weight is 237 g/mol. The Morgan fingerprint density at radius 3 is 2.87 bits per heavy atom. The fourth-order valence-electron chi connectivity index (χ4n) is 1.18. The van der Waals surface area contributed by atoms with Crippen molar-refractivity contribution in [1.82, 2.24) is 9.97 Å². The van der Waals surface area contributed by atoms with Crippen LogP contribution in [-0.4, -0.2) is 9.97 Å². The summed E-state index contributed by atoms with van der Waals surface area (Å²) >= 11 is 7.29. The van der Waals surface area contributed by atoms with Crippen molar-refractivity contribution in [3.05, 3.63) is 47.4 Å². The van der Waals surface area contributed by atoms with Crippen molar-refractivity contribution in [2.75, 3.05) is 0 Å². The molecule has 2 aromatic rings. The summed E-state index contributed by atoms with van der Waals surface area (Å²) in [5.74, 6) is 0. The van der Waals surface area contributed by atoms with Gasteiger partial charge in [-0.2, -0.15) is 0 Å². The fraction of sp³-hybridized carbons (Fsp3) is 0.0909. The second-order valence-electron chi connectivity index (χ2n) is 3.08. The Labute approximate surface area is 97.7 Å². The van der Waals surface area contributed by atoms with Crippen molar-refractivity contribution in [3.63, 3.8) is 0 Å². The monoisotopic (exact) mass is 236 g/mol. The lowest BCUT2D eigenvalue weighted by Crippen LogP contribution is -1.83. The molecule has 0 spiro atoms. The first-order chi connectivity index (χ1) is 7.24. The van der Waals surface area contributed by atoms with E-state index in [9.17, 15) is 0 Å². The van der Waals surface area contributed by atoms with E-state index in [2.05, 4.69) is 29.0 Å². The van der Waals surface area contributed by atoms with E-state index < -0.39 is 0 Å². The number of halogens is 1. The van der Waals surface area contributed by atoms with Gasteiger partial charge in [0.05, 0.1) is 0 Å². The van der Waals surface area contributed by atoms with Crippen LogP contribution in [0.15, 0.2) is 46.5 Å². The minimum Gasteiger partial charge on any atom is -0.226 e. The molecule has 1 aromatic heterocycles. The predicted molar refractivity (Wildman–Crippen MR) is 62.3 cm³/mol. The Morgan fingerprint density at radius 2 is 2.13 bits per heavy atom. The average Bonchev–Trinajstić information content (AvgIpc) is 2.17. The fourth-order valence-corrected chi connectivity index (χ4v) is 2.27. The molecule has 0 N–H and O–H groups in total. The summed E-state index contributed by atoms with van der Waals surface area (Å²) in [5.41, 5.74) is 1.24. The minimum absolute atomic E-state index is 0.285. The van der Waals surface area contributed by atoms with Crippen LogP contribution in [0.25, 0.3) is 0 Å². The van der Waals surface area contributed by atoms with Crippen LogP contribution in [-0.2, 0) is 0 Å². The van der Waals surface area contributed by atoms with Crippen molar-refractivity contribution in [2.24, 2.45) is 0 Å². The van der Waals surface area contributed by atoms with Crippen LogP contribution in [0.1, 0.15) is 5.56 Å². The molecule has 0 unspecified atom stereocenters. The Kier molecular flexibility index (Phi) is 3.23. The van der Waals surface area contributed by atoms with Gasteiger partial charge >= 0.3 is 0 Å². The zero-order chi connectivity index (χ0) is 10.7. The molecule has 0 aliphatic heterocycles. The van der Waals surface area contributed by atoms with Crippen molar-refractivity contribution in [3.8, 4) is 0 Å². The smallest absolute Gasteiger partial charge is 0.223 e. The van der Waals surface area contributed by atoms with Crippen molar-refractivity contribution < 1.29 is 0 Å². The first-order valence-corrected chi connectivity index (χ1v) is 5.66. The molecule has 0 amide bonds. The molecular formula is C11H9ClN2S. The number of hydrogen-bond acceptors (Lipinski definition) is 3. The molecule has 0 radical (unpaired) electrons. The van der Waals surface area contributed by atoms with Gasteiger partial charge in [0.15, 0.2) is 0 Å². The third kappa shape index (κ3) is 2.94. The molecule has 0 aliphatic rings. The van der Waals surface area contributed by atoms with Gasteiger partial charge in [-0.15, -0.1) is 0 Å². The quantitative estimate of drug-likeness (QED) is 0.589. The van der Waals surface area contributed by atoms with Crippen LogP contribution in [0.5, 0.6) is 0 Å². The Morgan fingerprint density at radius 1 is 1.27 bits per heavy atom. The minimum atomic E-state index is 0.285. The number of nitrogens with zero attached hydrogens (tertiary/aromatic N) is 2. The van der Waals surface area contributed by atoms with Crippen molar-refractivity contribution in [2.45, 2.75) is 16.8 Å². The van der Waals surface area contributed by atoms with Crippen molar-refractivity contribution in [1.29, 1.82) is 0 Å². The van der Waals surface area contributed by atoms with Gasteiger partial charge in [0.1, 0.15) is 5.03 Å². The molecule has 0 aliphatic carbocycles. The van der Waals surface area contributed by atoms with E-state index in [1.54, 1.807) is 18.0 Å². The van der Waals surface area contributed by atoms with Gasteiger partial charge in [0, 0.05) is 11.1 Å². The van der Waals surface area contributed by atoms with E-state index in [1.165, 1.54) is 5.56 Å². The summed E-state index contributed by atoms with van der Waals surface area (Å²) in [4.78, 5) is 9.11. The summed E-state index contributed by atoms with van der Waals surface area (Å²) in [6, 6.07) is 10.1. The summed E-state index contributed by atoms with van der Waals surface area (Å²) in [6.45, 7) is 2.07. The highest BCUT2D eigenvalue weighted by molar-refractivity contribution is 7.99. The number of rotatable bonds is 2. The number of aryl methyl sites for hydroxylation is 1. The highest BCUT2D eigenvalue weighted by atomic mass is 35.5. The highest BCUT2D eigenvalue weighted by Crippen LogP contribution is 2.26. The van der Waals surface area contributed by atoms with Gasteiger partial charge in [-0.25, -0.2) is 9.97 Å². The standard InChI is InChI=1S/C11H9ClN2S/c1-8-3-2-4-9(7-8)15-10-5-6-13-11(12)14-10/h2-7H,1H3. The maximum Gasteiger partial charge on any atom is 0.223 e. The SMILES string of the molecule is Cc1cccc(Sc2ccnc(Cl)n2)c1. The van der Waals surface area contributed by atoms with Crippen LogP contribution in [0.4, 0.5) is 0 Å². The topological polar surface area (TPSA) is 25.8 Å². The molecule has 76 valence electrons. The summed E-state index contributed by atoms with van der Waals surface area (Å²) in [5, 5.41) is 1.15. The Balaban J connectivity index is 2.22. The lowest BCUT2D eigenvalue weighted by Gasteiger charge is -2.01. The van der Waals surface area contributed by atoms with Gasteiger partial charge in [-0.05, 0) is 36.7 Å². The lowest BCUT2D eigenvalue weighted by molar-refractivity contribution is 1.05. The zero-order valence-electron chi connectivity index (χ0n) is 8.14. The second-order valence-corrected chi connectivity index (χ2v) is 4.51. The normalized spacial score (nSPS) is 10.3. The molecule has 0 bridgehead atoms. The third-order valence-electron chi connectivity index (χ3n) is 1.81. The number of aromatic nitrogens is 2. The van der Waals surface area contributed by atoms with E-state index in [4.69, 9.17) is 11.6 Å². The molecule has 1 aromatic carbocycles. The van der Waals surface area contributed by atoms with E-state index in [0.29, 0.717) is 0 Å². The molecule has 4 heteroatoms. The van der Waals surface area contributed by atoms with Crippen LogP contribution >= 0.6 is 23.4 Å². The van der Waals surface area contributed by atoms with E-state index in [-0.39, 0.29) is 5.28 Å². The Hall–Kier alpha value is -1.06. The van der Waals surface area contributed by atoms with E-state index in [0.717, 1.165) is 9.92 Å². The maximum atomic E-state index is 5.71. The van der Waals surface area contributed by atoms with Gasteiger partial charge < -0.3 is 0 Å². The summed E-state index contributed by atoms with van der Waals surface area (Å²) in [6.07, 6.45) is 1.66. The first-order valence-electron chi connectivity index (χ1n) is 4.47. The van der Waals surface area contributed by atoms with Gasteiger partial charge in [-0.1, -0.05) is 29.5 Å². The van der Waals surface area contributed by atoms with Gasteiger partial charge in [0.2, 0.25) is 5.28 Å². The van der Waals surface area contributed by atoms with Crippen LogP contribution < -0.4 is 0 Å². The Bertz CT molecular complexity index is 430. The van der Waals surface area contributed by atoms with E-state index in [1.807, 2.05) is 18.2 Å². The molecular weight excluding hydrogens is 228 g/mol. The van der Waals surface area contributed by atoms with Crippen LogP contribution in [0.3, 0.4) is 0 Å². The van der Waals surface area contributed by atoms with Crippen molar-refractivity contribution >= 4 is 23.4 Å². The lowest BCUT2D eigenvalue weighted by atomic mass is 10.2. The van der Waals surface area contributed by atoms with Crippen LogP contribution in [0.2, 0.25) is 5.28 Å². The zero-order valence-corrected chi connectivity index (χ0v) is 9.72. The van der Waals surface area contributed by atoms with Crippen LogP contribution in [0, 0.1) is 6.92 Å². The molecule has 1 heterocycles. The largest absolute Gasteiger partial charge is 0.226 e. The maximum absolute atomic E-state index is 5.71. The summed E-state index contributed by atoms with van der Waals surface area (Å²) < 4.78 is 0. The number of hydrogen-bond donors (Lipinski definition) is 0. The third-order valence-corrected chi connectivity index (χ3v) is 2.92. The highest BCUT2D eigenvalue weighted by Gasteiger charge is 2.00. The molecule has 2 rings (SSSR count). The number of benzene rings is 1. The first kappa shape index (κ1) is 10.5. The van der Waals surface area contributed by atoms with E-state index >= 15 is 0 Å². The molecule has 15 heavy (non-hydrogen) atoms. The molecule has 0 fully saturated rings. The molecule has 0 saturated carbocycles. The molecule has 0 atom stereocenters. The second kappa shape index (κ2) is 4.64. The molecule has 0 saturated heterocycles.